The fourth-order valence-electron chi connectivity index (χ4n) is 3.43. The predicted molar refractivity (Wildman–Crippen MR) is 79.6 cm³/mol. The van der Waals surface area contributed by atoms with Crippen LogP contribution in [-0.2, 0) is 0 Å². The number of hydrogen-bond acceptors (Lipinski definition) is 1. The molecule has 0 amide bonds. The summed E-state index contributed by atoms with van der Waals surface area (Å²) < 4.78 is 0. The summed E-state index contributed by atoms with van der Waals surface area (Å²) in [5.41, 5.74) is 2.01. The standard InChI is InChI=1S/C10H16.C7H16O/c1-7-8-4-5-9(6-8)10(7,2)3;1-3-4-5-6-7(2)8/h8-9H,1,4-6H2,2-3H3;7-8H,3-6H2,1-2H3/t8-,9+;/m0./s1. The van der Waals surface area contributed by atoms with Gasteiger partial charge in [0.1, 0.15) is 0 Å². The molecule has 2 saturated carbocycles. The van der Waals surface area contributed by atoms with Crippen LogP contribution in [0.25, 0.3) is 0 Å². The van der Waals surface area contributed by atoms with Crippen molar-refractivity contribution in [1.29, 1.82) is 0 Å². The minimum absolute atomic E-state index is 0.0958. The van der Waals surface area contributed by atoms with Crippen LogP contribution >= 0.6 is 0 Å². The molecule has 1 unspecified atom stereocenters. The van der Waals surface area contributed by atoms with Crippen LogP contribution in [0, 0.1) is 17.3 Å². The molecule has 0 radical (unpaired) electrons. The largest absolute Gasteiger partial charge is 0.393 e. The Morgan fingerprint density at radius 2 is 2.00 bits per heavy atom. The van der Waals surface area contributed by atoms with E-state index >= 15 is 0 Å². The van der Waals surface area contributed by atoms with E-state index in [4.69, 9.17) is 5.11 Å². The molecule has 0 saturated heterocycles. The fourth-order valence-corrected chi connectivity index (χ4v) is 3.43. The molecule has 0 aromatic heterocycles. The van der Waals surface area contributed by atoms with Crippen molar-refractivity contribution in [3.8, 4) is 0 Å². The second-order valence-electron chi connectivity index (χ2n) is 6.80. The molecule has 0 heterocycles. The van der Waals surface area contributed by atoms with E-state index in [0.717, 1.165) is 18.3 Å². The maximum atomic E-state index is 8.78. The normalized spacial score (nSPS) is 29.9. The molecule has 0 aromatic rings. The van der Waals surface area contributed by atoms with Crippen LogP contribution in [0.5, 0.6) is 0 Å². The van der Waals surface area contributed by atoms with Gasteiger partial charge in [0.25, 0.3) is 0 Å². The Morgan fingerprint density at radius 1 is 1.33 bits per heavy atom. The molecule has 1 nitrogen and oxygen atoms in total. The number of fused-ring (bicyclic) bond motifs is 2. The van der Waals surface area contributed by atoms with E-state index in [9.17, 15) is 0 Å². The lowest BCUT2D eigenvalue weighted by Crippen LogP contribution is -2.21. The highest BCUT2D eigenvalue weighted by Gasteiger charge is 2.47. The van der Waals surface area contributed by atoms with Gasteiger partial charge in [0, 0.05) is 0 Å². The van der Waals surface area contributed by atoms with E-state index in [1.165, 1.54) is 44.1 Å². The van der Waals surface area contributed by atoms with Crippen molar-refractivity contribution in [3.63, 3.8) is 0 Å². The predicted octanol–water partition coefficient (Wildman–Crippen LogP) is 4.95. The van der Waals surface area contributed by atoms with Gasteiger partial charge in [0.15, 0.2) is 0 Å². The van der Waals surface area contributed by atoms with Gasteiger partial charge in [-0.25, -0.2) is 0 Å². The van der Waals surface area contributed by atoms with Crippen molar-refractivity contribution >= 4 is 0 Å². The van der Waals surface area contributed by atoms with E-state index in [0.29, 0.717) is 5.41 Å². The number of allylic oxidation sites excluding steroid dienone is 1. The van der Waals surface area contributed by atoms with Gasteiger partial charge in [-0.3, -0.25) is 0 Å². The highest BCUT2D eigenvalue weighted by Crippen LogP contribution is 2.58. The van der Waals surface area contributed by atoms with Crippen molar-refractivity contribution in [2.45, 2.75) is 78.7 Å². The zero-order chi connectivity index (χ0) is 13.8. The zero-order valence-electron chi connectivity index (χ0n) is 12.8. The zero-order valence-corrected chi connectivity index (χ0v) is 12.8. The highest BCUT2D eigenvalue weighted by atomic mass is 16.3. The molecular weight excluding hydrogens is 220 g/mol. The van der Waals surface area contributed by atoms with Crippen LogP contribution in [0.3, 0.4) is 0 Å². The van der Waals surface area contributed by atoms with Crippen LogP contribution in [0.1, 0.15) is 72.6 Å². The van der Waals surface area contributed by atoms with Crippen molar-refractivity contribution in [3.05, 3.63) is 12.2 Å². The van der Waals surface area contributed by atoms with E-state index in [1.54, 1.807) is 0 Å². The van der Waals surface area contributed by atoms with Crippen LogP contribution < -0.4 is 0 Å². The third-order valence-electron chi connectivity index (χ3n) is 5.00. The van der Waals surface area contributed by atoms with Gasteiger partial charge >= 0.3 is 0 Å². The first-order chi connectivity index (χ1) is 8.39. The molecule has 0 aliphatic heterocycles. The second-order valence-corrected chi connectivity index (χ2v) is 6.80. The molecule has 0 aromatic carbocycles. The second kappa shape index (κ2) is 6.75. The van der Waals surface area contributed by atoms with Crippen LogP contribution in [0.2, 0.25) is 0 Å². The van der Waals surface area contributed by atoms with Crippen LogP contribution in [-0.4, -0.2) is 11.2 Å². The quantitative estimate of drug-likeness (QED) is 0.554. The first-order valence-electron chi connectivity index (χ1n) is 7.76. The topological polar surface area (TPSA) is 20.2 Å². The Hall–Kier alpha value is -0.300. The number of aliphatic hydroxyl groups excluding tert-OH is 1. The molecule has 3 atom stereocenters. The Labute approximate surface area is 114 Å². The Morgan fingerprint density at radius 3 is 2.33 bits per heavy atom. The number of aliphatic hydroxyl groups is 1. The van der Waals surface area contributed by atoms with Gasteiger partial charge < -0.3 is 5.11 Å². The molecule has 106 valence electrons. The average Bonchev–Trinajstić information content (AvgIpc) is 2.84. The van der Waals surface area contributed by atoms with E-state index < -0.39 is 0 Å². The van der Waals surface area contributed by atoms with Gasteiger partial charge in [0.2, 0.25) is 0 Å². The smallest absolute Gasteiger partial charge is 0.0512 e. The van der Waals surface area contributed by atoms with Crippen molar-refractivity contribution in [2.24, 2.45) is 17.3 Å². The summed E-state index contributed by atoms with van der Waals surface area (Å²) in [6.45, 7) is 12.9. The number of rotatable bonds is 4. The summed E-state index contributed by atoms with van der Waals surface area (Å²) in [6.07, 6.45) is 8.86. The summed E-state index contributed by atoms with van der Waals surface area (Å²) in [7, 11) is 0. The minimum atomic E-state index is -0.0958. The lowest BCUT2D eigenvalue weighted by molar-refractivity contribution is 0.180. The summed E-state index contributed by atoms with van der Waals surface area (Å²) in [6, 6.07) is 0. The molecule has 2 aliphatic rings. The summed E-state index contributed by atoms with van der Waals surface area (Å²) in [5, 5.41) is 8.78. The van der Waals surface area contributed by atoms with Gasteiger partial charge in [0.05, 0.1) is 6.10 Å². The van der Waals surface area contributed by atoms with Crippen LogP contribution in [0.4, 0.5) is 0 Å². The maximum absolute atomic E-state index is 8.78. The van der Waals surface area contributed by atoms with Crippen molar-refractivity contribution in [1.82, 2.24) is 0 Å². The first-order valence-corrected chi connectivity index (χ1v) is 7.76. The van der Waals surface area contributed by atoms with Crippen molar-refractivity contribution in [2.75, 3.05) is 0 Å². The SMILES string of the molecule is C=C1[C@H]2CC[C@H](C2)C1(C)C.CCCCCC(C)O. The molecule has 1 heteroatoms. The van der Waals surface area contributed by atoms with Crippen molar-refractivity contribution < 1.29 is 5.11 Å². The first kappa shape index (κ1) is 15.8. The van der Waals surface area contributed by atoms with E-state index in [2.05, 4.69) is 27.4 Å². The number of hydrogen-bond donors (Lipinski definition) is 1. The van der Waals surface area contributed by atoms with Gasteiger partial charge in [-0.05, 0) is 49.9 Å². The minimum Gasteiger partial charge on any atom is -0.393 e. The molecular formula is C17H32O. The third kappa shape index (κ3) is 3.85. The lowest BCUT2D eigenvalue weighted by atomic mass is 9.73. The summed E-state index contributed by atoms with van der Waals surface area (Å²) in [5.74, 6) is 1.85. The summed E-state index contributed by atoms with van der Waals surface area (Å²) >= 11 is 0. The highest BCUT2D eigenvalue weighted by molar-refractivity contribution is 5.22. The molecule has 2 rings (SSSR count). The molecule has 1 N–H and O–H groups in total. The van der Waals surface area contributed by atoms with Gasteiger partial charge in [-0.1, -0.05) is 52.2 Å². The molecule has 2 bridgehead atoms. The Bertz CT molecular complexity index is 265. The lowest BCUT2D eigenvalue weighted by Gasteiger charge is -2.31. The molecule has 18 heavy (non-hydrogen) atoms. The van der Waals surface area contributed by atoms with E-state index in [1.807, 2.05) is 6.92 Å². The Kier molecular flexibility index (Phi) is 5.91. The maximum Gasteiger partial charge on any atom is 0.0512 e. The molecule has 2 fully saturated rings. The Balaban J connectivity index is 0.000000187. The summed E-state index contributed by atoms with van der Waals surface area (Å²) in [4.78, 5) is 0. The average molecular weight is 252 g/mol. The monoisotopic (exact) mass is 252 g/mol. The number of unbranched alkanes of at least 4 members (excludes halogenated alkanes) is 2. The fraction of sp³-hybridized carbons (Fsp3) is 0.882. The third-order valence-corrected chi connectivity index (χ3v) is 5.00. The van der Waals surface area contributed by atoms with Gasteiger partial charge in [-0.2, -0.15) is 0 Å². The van der Waals surface area contributed by atoms with E-state index in [-0.39, 0.29) is 6.10 Å². The molecule has 0 spiro atoms. The van der Waals surface area contributed by atoms with Crippen LogP contribution in [0.15, 0.2) is 12.2 Å². The van der Waals surface area contributed by atoms with Gasteiger partial charge in [-0.15, -0.1) is 0 Å². The molecule has 2 aliphatic carbocycles.